The maximum atomic E-state index is 12.7. The molecule has 3 atom stereocenters. The number of anilines is 1. The average Bonchev–Trinajstić information content (AvgIpc) is 3.37. The van der Waals surface area contributed by atoms with Gasteiger partial charge in [0.15, 0.2) is 0 Å². The van der Waals surface area contributed by atoms with Gasteiger partial charge in [-0.05, 0) is 37.5 Å². The maximum absolute atomic E-state index is 12.7. The molecule has 4 heterocycles. The van der Waals surface area contributed by atoms with Crippen molar-refractivity contribution < 1.29 is 14.0 Å². The van der Waals surface area contributed by atoms with E-state index < -0.39 is 0 Å². The van der Waals surface area contributed by atoms with Gasteiger partial charge in [-0.15, -0.1) is 0 Å². The van der Waals surface area contributed by atoms with Crippen molar-refractivity contribution in [2.45, 2.75) is 37.4 Å². The highest BCUT2D eigenvalue weighted by atomic mass is 32.2. The zero-order chi connectivity index (χ0) is 17.7. The third-order valence-corrected chi connectivity index (χ3v) is 6.63. The number of rotatable bonds is 3. The fraction of sp³-hybridized carbons (Fsp3) is 0.474. The Hall–Kier alpha value is -1.99. The zero-order valence-electron chi connectivity index (χ0n) is 14.4. The van der Waals surface area contributed by atoms with E-state index >= 15 is 0 Å². The summed E-state index contributed by atoms with van der Waals surface area (Å²) in [6, 6.07) is 6.62. The Morgan fingerprint density at radius 3 is 3.04 bits per heavy atom. The number of hydrogen-bond donors (Lipinski definition) is 2. The second-order valence-corrected chi connectivity index (χ2v) is 8.40. The Kier molecular flexibility index (Phi) is 3.94. The van der Waals surface area contributed by atoms with Gasteiger partial charge in [0.2, 0.25) is 5.91 Å². The molecule has 2 bridgehead atoms. The van der Waals surface area contributed by atoms with Crippen molar-refractivity contribution in [2.75, 3.05) is 23.0 Å². The quantitative estimate of drug-likeness (QED) is 0.865. The lowest BCUT2D eigenvalue weighted by molar-refractivity contribution is -0.116. The fourth-order valence-electron chi connectivity index (χ4n) is 4.37. The summed E-state index contributed by atoms with van der Waals surface area (Å²) in [6.45, 7) is 0.672. The van der Waals surface area contributed by atoms with Crippen LogP contribution in [0.5, 0.6) is 0 Å². The first-order valence-corrected chi connectivity index (χ1v) is 10.3. The van der Waals surface area contributed by atoms with Gasteiger partial charge in [-0.2, -0.15) is 11.8 Å². The van der Waals surface area contributed by atoms with Crippen molar-refractivity contribution in [3.8, 4) is 0 Å². The Balaban J connectivity index is 1.41. The predicted octanol–water partition coefficient (Wildman–Crippen LogP) is 2.14. The molecule has 3 aliphatic heterocycles. The third-order valence-electron chi connectivity index (χ3n) is 5.71. The molecule has 26 heavy (non-hydrogen) atoms. The van der Waals surface area contributed by atoms with Crippen molar-refractivity contribution >= 4 is 40.2 Å². The van der Waals surface area contributed by atoms with Gasteiger partial charge in [0.05, 0.1) is 11.4 Å². The van der Waals surface area contributed by atoms with Crippen molar-refractivity contribution in [1.82, 2.24) is 10.6 Å². The van der Waals surface area contributed by atoms with Gasteiger partial charge in [-0.25, -0.2) is 0 Å². The van der Waals surface area contributed by atoms with E-state index in [2.05, 4.69) is 10.6 Å². The molecule has 136 valence electrons. The van der Waals surface area contributed by atoms with E-state index in [-0.39, 0.29) is 17.9 Å². The lowest BCUT2D eigenvalue weighted by Crippen LogP contribution is -2.42. The Morgan fingerprint density at radius 2 is 2.27 bits per heavy atom. The first-order valence-electron chi connectivity index (χ1n) is 9.15. The average molecular weight is 371 g/mol. The molecule has 0 saturated carbocycles. The molecule has 5 rings (SSSR count). The van der Waals surface area contributed by atoms with Gasteiger partial charge in [0, 0.05) is 41.4 Å². The first-order chi connectivity index (χ1) is 12.7. The Bertz CT molecular complexity index is 880. The van der Waals surface area contributed by atoms with Crippen LogP contribution in [0.3, 0.4) is 0 Å². The summed E-state index contributed by atoms with van der Waals surface area (Å²) in [5.41, 5.74) is 2.08. The molecule has 2 amide bonds. The number of nitrogens with one attached hydrogen (secondary N) is 2. The van der Waals surface area contributed by atoms with E-state index in [0.717, 1.165) is 29.7 Å². The van der Waals surface area contributed by atoms with Crippen LogP contribution in [-0.2, 0) is 4.79 Å². The molecule has 6 nitrogen and oxygen atoms in total. The van der Waals surface area contributed by atoms with Crippen LogP contribution in [-0.4, -0.2) is 48.0 Å². The first kappa shape index (κ1) is 16.2. The smallest absolute Gasteiger partial charge is 0.251 e. The van der Waals surface area contributed by atoms with Crippen LogP contribution in [0.2, 0.25) is 0 Å². The lowest BCUT2D eigenvalue weighted by atomic mass is 9.95. The van der Waals surface area contributed by atoms with E-state index in [1.165, 1.54) is 6.42 Å². The monoisotopic (exact) mass is 371 g/mol. The minimum Gasteiger partial charge on any atom is -0.462 e. The second-order valence-electron chi connectivity index (χ2n) is 7.29. The van der Waals surface area contributed by atoms with Crippen LogP contribution >= 0.6 is 11.8 Å². The molecule has 0 radical (unpaired) electrons. The van der Waals surface area contributed by atoms with Crippen LogP contribution in [0.1, 0.15) is 29.6 Å². The summed E-state index contributed by atoms with van der Waals surface area (Å²) in [4.78, 5) is 26.7. The summed E-state index contributed by atoms with van der Waals surface area (Å²) in [5, 5.41) is 7.54. The second kappa shape index (κ2) is 6.32. The largest absolute Gasteiger partial charge is 0.462 e. The molecule has 3 saturated heterocycles. The normalized spacial score (nSPS) is 28.1. The SMILES string of the molecule is O=C(N[C@@H]1C[C@H]2CC[C@@H]1N2)c1ccc2occ(N3CCSCC3=O)c2c1. The Labute approximate surface area is 155 Å². The number of amides is 2. The maximum Gasteiger partial charge on any atom is 0.251 e. The minimum absolute atomic E-state index is 0.0565. The highest BCUT2D eigenvalue weighted by molar-refractivity contribution is 8.00. The number of fused-ring (bicyclic) bond motifs is 3. The van der Waals surface area contributed by atoms with E-state index in [9.17, 15) is 9.59 Å². The topological polar surface area (TPSA) is 74.6 Å². The molecular formula is C19H21N3O3S. The summed E-state index contributed by atoms with van der Waals surface area (Å²) >= 11 is 1.65. The summed E-state index contributed by atoms with van der Waals surface area (Å²) in [7, 11) is 0. The van der Waals surface area contributed by atoms with Gasteiger partial charge >= 0.3 is 0 Å². The van der Waals surface area contributed by atoms with Gasteiger partial charge < -0.3 is 20.0 Å². The zero-order valence-corrected chi connectivity index (χ0v) is 15.2. The summed E-state index contributed by atoms with van der Waals surface area (Å²) in [5.74, 6) is 1.44. The number of hydrogen-bond acceptors (Lipinski definition) is 5. The summed E-state index contributed by atoms with van der Waals surface area (Å²) in [6.07, 6.45) is 4.98. The van der Waals surface area contributed by atoms with Crippen LogP contribution in [0.15, 0.2) is 28.9 Å². The number of carbonyl (C=O) groups excluding carboxylic acids is 2. The van der Waals surface area contributed by atoms with Crippen LogP contribution in [0, 0.1) is 0 Å². The molecule has 0 aliphatic carbocycles. The third kappa shape index (κ3) is 2.70. The number of furan rings is 1. The molecule has 2 aromatic rings. The minimum atomic E-state index is -0.0565. The Morgan fingerprint density at radius 1 is 1.35 bits per heavy atom. The molecule has 0 spiro atoms. The van der Waals surface area contributed by atoms with Crippen LogP contribution in [0.25, 0.3) is 11.0 Å². The fourth-order valence-corrected chi connectivity index (χ4v) is 5.16. The number of thioether (sulfide) groups is 1. The number of nitrogens with zero attached hydrogens (tertiary/aromatic N) is 1. The number of carbonyl (C=O) groups is 2. The molecule has 1 aromatic heterocycles. The molecule has 3 aliphatic rings. The van der Waals surface area contributed by atoms with Gasteiger partial charge in [0.25, 0.3) is 5.91 Å². The number of benzene rings is 1. The van der Waals surface area contributed by atoms with Crippen molar-refractivity contribution in [1.29, 1.82) is 0 Å². The van der Waals surface area contributed by atoms with Gasteiger partial charge in [0.1, 0.15) is 11.8 Å². The molecule has 0 unspecified atom stereocenters. The lowest BCUT2D eigenvalue weighted by Gasteiger charge is -2.25. The van der Waals surface area contributed by atoms with Crippen molar-refractivity contribution in [3.63, 3.8) is 0 Å². The standard InChI is InChI=1S/C19H21N3O3S/c23-18-10-26-6-5-22(18)16-9-25-17-4-1-11(7-13(16)17)19(24)21-15-8-12-2-3-14(15)20-12/h1,4,7,9,12,14-15,20H,2-3,5-6,8,10H2,(H,21,24)/t12-,14+,15-/m1/s1. The van der Waals surface area contributed by atoms with E-state index in [1.54, 1.807) is 29.0 Å². The molecule has 2 N–H and O–H groups in total. The van der Waals surface area contributed by atoms with Gasteiger partial charge in [-0.3, -0.25) is 9.59 Å². The molecule has 1 aromatic carbocycles. The molecule has 7 heteroatoms. The highest BCUT2D eigenvalue weighted by Gasteiger charge is 2.39. The van der Waals surface area contributed by atoms with Gasteiger partial charge in [-0.1, -0.05) is 0 Å². The van der Waals surface area contributed by atoms with E-state index in [4.69, 9.17) is 4.42 Å². The molecular weight excluding hydrogens is 350 g/mol. The van der Waals surface area contributed by atoms with Crippen LogP contribution in [0.4, 0.5) is 5.69 Å². The molecule has 3 fully saturated rings. The summed E-state index contributed by atoms with van der Waals surface area (Å²) < 4.78 is 5.62. The predicted molar refractivity (Wildman–Crippen MR) is 102 cm³/mol. The van der Waals surface area contributed by atoms with E-state index in [1.807, 2.05) is 12.1 Å². The highest BCUT2D eigenvalue weighted by Crippen LogP contribution is 2.32. The van der Waals surface area contributed by atoms with Crippen molar-refractivity contribution in [2.24, 2.45) is 0 Å². The van der Waals surface area contributed by atoms with E-state index in [0.29, 0.717) is 35.5 Å². The van der Waals surface area contributed by atoms with Crippen LogP contribution < -0.4 is 15.5 Å². The van der Waals surface area contributed by atoms with Crippen molar-refractivity contribution in [3.05, 3.63) is 30.0 Å².